The summed E-state index contributed by atoms with van der Waals surface area (Å²) in [4.78, 5) is 4.20. The van der Waals surface area contributed by atoms with Crippen LogP contribution in [0.2, 0.25) is 0 Å². The van der Waals surface area contributed by atoms with E-state index in [1.807, 2.05) is 13.2 Å². The largest absolute Gasteiger partial charge is 0.316 e. The summed E-state index contributed by atoms with van der Waals surface area (Å²) in [7, 11) is 3.53. The van der Waals surface area contributed by atoms with Crippen LogP contribution in [0.5, 0.6) is 0 Å². The fraction of sp³-hybridized carbons (Fsp3) is 0.167. The number of aryl methyl sites for hydroxylation is 1. The molecule has 4 rings (SSSR count). The topological polar surface area (TPSA) is 71.4 Å². The molecule has 0 saturated heterocycles. The molecular formula is C18H16F2N6. The maximum Gasteiger partial charge on any atom is 0.135 e. The second kappa shape index (κ2) is 6.30. The van der Waals surface area contributed by atoms with E-state index < -0.39 is 11.6 Å². The van der Waals surface area contributed by atoms with E-state index in [-0.39, 0.29) is 11.3 Å². The second-order valence-corrected chi connectivity index (χ2v) is 6.05. The molecule has 2 N–H and O–H groups in total. The molecule has 0 saturated carbocycles. The number of nitrogens with one attached hydrogen (secondary N) is 2. The SMILES string of the molecule is CNCc1cc(F)c(-c2cc3c(-c4cnn(C)c4)n[nH]c3cn2)c(F)c1. The van der Waals surface area contributed by atoms with Crippen LogP contribution < -0.4 is 5.32 Å². The lowest BCUT2D eigenvalue weighted by atomic mass is 10.0. The molecule has 8 heteroatoms. The minimum atomic E-state index is -0.645. The summed E-state index contributed by atoms with van der Waals surface area (Å²) in [6, 6.07) is 4.27. The van der Waals surface area contributed by atoms with Crippen molar-refractivity contribution in [1.82, 2.24) is 30.3 Å². The van der Waals surface area contributed by atoms with Gasteiger partial charge >= 0.3 is 0 Å². The summed E-state index contributed by atoms with van der Waals surface area (Å²) in [6.45, 7) is 0.382. The van der Waals surface area contributed by atoms with Gasteiger partial charge in [-0.3, -0.25) is 14.8 Å². The third-order valence-corrected chi connectivity index (χ3v) is 4.16. The molecule has 0 aliphatic rings. The highest BCUT2D eigenvalue weighted by atomic mass is 19.1. The van der Waals surface area contributed by atoms with E-state index in [1.165, 1.54) is 18.3 Å². The molecule has 0 fully saturated rings. The Morgan fingerprint density at radius 2 is 1.92 bits per heavy atom. The highest BCUT2D eigenvalue weighted by Gasteiger charge is 2.17. The number of aromatic amines is 1. The highest BCUT2D eigenvalue weighted by molar-refractivity contribution is 5.94. The average Bonchev–Trinajstić information content (AvgIpc) is 3.20. The molecule has 1 aromatic carbocycles. The Hall–Kier alpha value is -3.13. The first kappa shape index (κ1) is 16.3. The van der Waals surface area contributed by atoms with Gasteiger partial charge in [0.05, 0.1) is 29.2 Å². The van der Waals surface area contributed by atoms with E-state index in [0.29, 0.717) is 23.3 Å². The summed E-state index contributed by atoms with van der Waals surface area (Å²) in [5.74, 6) is -1.29. The molecule has 0 radical (unpaired) electrons. The van der Waals surface area contributed by atoms with Crippen molar-refractivity contribution in [1.29, 1.82) is 0 Å². The number of rotatable bonds is 4. The Morgan fingerprint density at radius 1 is 1.15 bits per heavy atom. The number of hydrogen-bond acceptors (Lipinski definition) is 4. The summed E-state index contributed by atoms with van der Waals surface area (Å²) in [6.07, 6.45) is 5.03. The zero-order valence-electron chi connectivity index (χ0n) is 14.2. The molecule has 26 heavy (non-hydrogen) atoms. The Bertz CT molecular complexity index is 1080. The van der Waals surface area contributed by atoms with Crippen LogP contribution in [-0.4, -0.2) is 32.0 Å². The predicted molar refractivity (Wildman–Crippen MR) is 94.2 cm³/mol. The minimum Gasteiger partial charge on any atom is -0.316 e. The number of nitrogens with zero attached hydrogens (tertiary/aromatic N) is 4. The Balaban J connectivity index is 1.86. The Labute approximate surface area is 147 Å². The third kappa shape index (κ3) is 2.74. The van der Waals surface area contributed by atoms with Crippen LogP contribution in [0.25, 0.3) is 33.4 Å². The van der Waals surface area contributed by atoms with Gasteiger partial charge in [0.15, 0.2) is 0 Å². The van der Waals surface area contributed by atoms with Crippen LogP contribution in [0.15, 0.2) is 36.8 Å². The molecule has 3 heterocycles. The van der Waals surface area contributed by atoms with Gasteiger partial charge in [-0.15, -0.1) is 0 Å². The van der Waals surface area contributed by atoms with Gasteiger partial charge in [0.2, 0.25) is 0 Å². The molecule has 0 unspecified atom stereocenters. The maximum absolute atomic E-state index is 14.5. The highest BCUT2D eigenvalue weighted by Crippen LogP contribution is 2.31. The number of hydrogen-bond donors (Lipinski definition) is 2. The van der Waals surface area contributed by atoms with Crippen molar-refractivity contribution in [2.45, 2.75) is 6.54 Å². The lowest BCUT2D eigenvalue weighted by Crippen LogP contribution is -2.06. The minimum absolute atomic E-state index is 0.148. The van der Waals surface area contributed by atoms with Gasteiger partial charge < -0.3 is 5.32 Å². The van der Waals surface area contributed by atoms with E-state index >= 15 is 0 Å². The summed E-state index contributed by atoms with van der Waals surface area (Å²) >= 11 is 0. The number of halogens is 2. The smallest absolute Gasteiger partial charge is 0.135 e. The zero-order chi connectivity index (χ0) is 18.3. The zero-order valence-corrected chi connectivity index (χ0v) is 14.2. The molecule has 132 valence electrons. The summed E-state index contributed by atoms with van der Waals surface area (Å²) < 4.78 is 30.7. The van der Waals surface area contributed by atoms with Crippen LogP contribution >= 0.6 is 0 Å². The van der Waals surface area contributed by atoms with Crippen LogP contribution in [0.3, 0.4) is 0 Å². The van der Waals surface area contributed by atoms with Crippen molar-refractivity contribution < 1.29 is 8.78 Å². The Morgan fingerprint density at radius 3 is 2.58 bits per heavy atom. The first-order valence-electron chi connectivity index (χ1n) is 8.03. The normalized spacial score (nSPS) is 11.4. The Kier molecular flexibility index (Phi) is 3.96. The molecule has 0 aliphatic heterocycles. The van der Waals surface area contributed by atoms with Gasteiger partial charge in [0.25, 0.3) is 0 Å². The monoisotopic (exact) mass is 354 g/mol. The number of aromatic nitrogens is 5. The van der Waals surface area contributed by atoms with Crippen molar-refractivity contribution in [3.05, 3.63) is 54.0 Å². The summed E-state index contributed by atoms with van der Waals surface area (Å²) in [5.41, 5.74) is 2.75. The molecule has 0 aliphatic carbocycles. The van der Waals surface area contributed by atoms with Crippen LogP contribution in [0, 0.1) is 11.6 Å². The first-order valence-corrected chi connectivity index (χ1v) is 8.03. The van der Waals surface area contributed by atoms with E-state index in [9.17, 15) is 8.78 Å². The molecule has 3 aromatic heterocycles. The molecular weight excluding hydrogens is 338 g/mol. The molecule has 0 atom stereocenters. The summed E-state index contributed by atoms with van der Waals surface area (Å²) in [5, 5.41) is 14.9. The van der Waals surface area contributed by atoms with Gasteiger partial charge in [-0.25, -0.2) is 8.78 Å². The second-order valence-electron chi connectivity index (χ2n) is 6.05. The van der Waals surface area contributed by atoms with Gasteiger partial charge in [0.1, 0.15) is 17.3 Å². The fourth-order valence-electron chi connectivity index (χ4n) is 2.99. The van der Waals surface area contributed by atoms with Crippen molar-refractivity contribution in [3.63, 3.8) is 0 Å². The van der Waals surface area contributed by atoms with E-state index in [2.05, 4.69) is 25.6 Å². The van der Waals surface area contributed by atoms with Crippen molar-refractivity contribution in [2.24, 2.45) is 7.05 Å². The lowest BCUT2D eigenvalue weighted by molar-refractivity contribution is 0.583. The number of H-pyrrole nitrogens is 1. The lowest BCUT2D eigenvalue weighted by Gasteiger charge is -2.08. The van der Waals surface area contributed by atoms with E-state index in [0.717, 1.165) is 10.9 Å². The van der Waals surface area contributed by atoms with Crippen molar-refractivity contribution in [3.8, 4) is 22.5 Å². The standard InChI is InChI=1S/C18H16F2N6/c1-21-6-10-3-13(19)17(14(20)4-10)15-5-12-16(8-22-15)24-25-18(12)11-7-23-26(2)9-11/h3-5,7-9,21H,6H2,1-2H3,(H,24,25). The molecule has 4 aromatic rings. The fourth-order valence-corrected chi connectivity index (χ4v) is 2.99. The van der Waals surface area contributed by atoms with Gasteiger partial charge in [-0.05, 0) is 30.8 Å². The van der Waals surface area contributed by atoms with Crippen LogP contribution in [0.1, 0.15) is 5.56 Å². The predicted octanol–water partition coefficient (Wildman–Crippen LogP) is 3.02. The quantitative estimate of drug-likeness (QED) is 0.591. The molecule has 0 spiro atoms. The number of benzene rings is 1. The third-order valence-electron chi connectivity index (χ3n) is 4.16. The van der Waals surface area contributed by atoms with Crippen molar-refractivity contribution >= 4 is 10.9 Å². The molecule has 0 amide bonds. The molecule has 6 nitrogen and oxygen atoms in total. The van der Waals surface area contributed by atoms with Gasteiger partial charge in [-0.1, -0.05) is 0 Å². The van der Waals surface area contributed by atoms with Gasteiger partial charge in [0, 0.05) is 30.7 Å². The van der Waals surface area contributed by atoms with Crippen LogP contribution in [0.4, 0.5) is 8.78 Å². The van der Waals surface area contributed by atoms with Crippen LogP contribution in [-0.2, 0) is 13.6 Å². The number of pyridine rings is 1. The van der Waals surface area contributed by atoms with Crippen molar-refractivity contribution in [2.75, 3.05) is 7.05 Å². The van der Waals surface area contributed by atoms with Gasteiger partial charge in [-0.2, -0.15) is 10.2 Å². The maximum atomic E-state index is 14.5. The van der Waals surface area contributed by atoms with E-state index in [1.54, 1.807) is 24.0 Å². The molecule has 0 bridgehead atoms. The number of fused-ring (bicyclic) bond motifs is 1. The average molecular weight is 354 g/mol. The van der Waals surface area contributed by atoms with E-state index in [4.69, 9.17) is 0 Å². The first-order chi connectivity index (χ1) is 12.6.